The van der Waals surface area contributed by atoms with Crippen LogP contribution in [0.3, 0.4) is 0 Å². The average Bonchev–Trinajstić information content (AvgIpc) is 2.36. The largest absolute Gasteiger partial charge is 0.484 e. The van der Waals surface area contributed by atoms with E-state index in [-0.39, 0.29) is 12.5 Å². The highest BCUT2D eigenvalue weighted by molar-refractivity contribution is 9.10. The maximum absolute atomic E-state index is 13.1. The van der Waals surface area contributed by atoms with Gasteiger partial charge in [0.1, 0.15) is 11.6 Å². The lowest BCUT2D eigenvalue weighted by atomic mass is 10.3. The number of amides is 1. The Hall–Kier alpha value is -1.14. The minimum absolute atomic E-state index is 0.0596. The summed E-state index contributed by atoms with van der Waals surface area (Å²) in [6, 6.07) is 4.23. The molecule has 4 nitrogen and oxygen atoms in total. The zero-order valence-electron chi connectivity index (χ0n) is 9.79. The van der Waals surface area contributed by atoms with Crippen LogP contribution >= 0.6 is 15.9 Å². The van der Waals surface area contributed by atoms with E-state index in [2.05, 4.69) is 21.2 Å². The Bertz CT molecular complexity index is 416. The van der Waals surface area contributed by atoms with E-state index in [0.29, 0.717) is 23.3 Å². The fourth-order valence-corrected chi connectivity index (χ4v) is 2.21. The van der Waals surface area contributed by atoms with Gasteiger partial charge in [-0.15, -0.1) is 0 Å². The standard InChI is InChI=1S/C12H14BrFN2O2/c13-9-5-10(14)7-11(6-9)18-8-12(17)16-3-1-15-2-4-16/h5-7,15H,1-4,8H2. The van der Waals surface area contributed by atoms with Crippen molar-refractivity contribution >= 4 is 21.8 Å². The molecule has 0 saturated carbocycles. The summed E-state index contributed by atoms with van der Waals surface area (Å²) < 4.78 is 19.0. The van der Waals surface area contributed by atoms with E-state index in [4.69, 9.17) is 4.74 Å². The maximum Gasteiger partial charge on any atom is 0.260 e. The second-order valence-corrected chi connectivity index (χ2v) is 4.94. The number of piperazine rings is 1. The van der Waals surface area contributed by atoms with Crippen molar-refractivity contribution in [1.82, 2.24) is 10.2 Å². The van der Waals surface area contributed by atoms with Crippen LogP contribution in [0.1, 0.15) is 0 Å². The zero-order valence-corrected chi connectivity index (χ0v) is 11.4. The lowest BCUT2D eigenvalue weighted by Gasteiger charge is -2.27. The summed E-state index contributed by atoms with van der Waals surface area (Å²) in [5.74, 6) is -0.115. The van der Waals surface area contributed by atoms with E-state index in [1.54, 1.807) is 11.0 Å². The molecule has 18 heavy (non-hydrogen) atoms. The summed E-state index contributed by atoms with van der Waals surface area (Å²) in [6.07, 6.45) is 0. The Morgan fingerprint density at radius 3 is 2.78 bits per heavy atom. The quantitative estimate of drug-likeness (QED) is 0.916. The number of hydrogen-bond acceptors (Lipinski definition) is 3. The lowest BCUT2D eigenvalue weighted by molar-refractivity contribution is -0.133. The Morgan fingerprint density at radius 1 is 1.39 bits per heavy atom. The predicted molar refractivity (Wildman–Crippen MR) is 69.0 cm³/mol. The molecule has 0 atom stereocenters. The first kappa shape index (κ1) is 13.3. The Balaban J connectivity index is 1.88. The van der Waals surface area contributed by atoms with Gasteiger partial charge in [-0.25, -0.2) is 4.39 Å². The highest BCUT2D eigenvalue weighted by Crippen LogP contribution is 2.20. The summed E-state index contributed by atoms with van der Waals surface area (Å²) in [6.45, 7) is 2.93. The number of carbonyl (C=O) groups is 1. The third kappa shape index (κ3) is 3.68. The van der Waals surface area contributed by atoms with Crippen LogP contribution in [-0.4, -0.2) is 43.6 Å². The fourth-order valence-electron chi connectivity index (χ4n) is 1.76. The van der Waals surface area contributed by atoms with E-state index in [1.807, 2.05) is 0 Å². The molecular weight excluding hydrogens is 303 g/mol. The summed E-state index contributed by atoms with van der Waals surface area (Å²) >= 11 is 3.17. The second-order valence-electron chi connectivity index (χ2n) is 4.02. The maximum atomic E-state index is 13.1. The van der Waals surface area contributed by atoms with Gasteiger partial charge in [0.05, 0.1) is 0 Å². The van der Waals surface area contributed by atoms with Gasteiger partial charge in [0.2, 0.25) is 0 Å². The van der Waals surface area contributed by atoms with Crippen LogP contribution in [0.4, 0.5) is 4.39 Å². The molecule has 0 spiro atoms. The van der Waals surface area contributed by atoms with Crippen LogP contribution in [-0.2, 0) is 4.79 Å². The molecule has 0 unspecified atom stereocenters. The van der Waals surface area contributed by atoms with Gasteiger partial charge in [0.15, 0.2) is 6.61 Å². The minimum Gasteiger partial charge on any atom is -0.484 e. The number of nitrogens with zero attached hydrogens (tertiary/aromatic N) is 1. The Labute approximate surface area is 113 Å². The van der Waals surface area contributed by atoms with Crippen molar-refractivity contribution < 1.29 is 13.9 Å². The van der Waals surface area contributed by atoms with Crippen LogP contribution in [0, 0.1) is 5.82 Å². The average molecular weight is 317 g/mol. The van der Waals surface area contributed by atoms with Crippen molar-refractivity contribution in [1.29, 1.82) is 0 Å². The molecule has 1 aliphatic rings. The molecule has 1 N–H and O–H groups in total. The van der Waals surface area contributed by atoms with Gasteiger partial charge in [0.25, 0.3) is 5.91 Å². The molecule has 1 aliphatic heterocycles. The Kier molecular flexibility index (Phi) is 4.54. The predicted octanol–water partition coefficient (Wildman–Crippen LogP) is 1.40. The van der Waals surface area contributed by atoms with E-state index in [9.17, 15) is 9.18 Å². The molecule has 0 radical (unpaired) electrons. The molecule has 1 saturated heterocycles. The summed E-state index contributed by atoms with van der Waals surface area (Å²) in [5.41, 5.74) is 0. The van der Waals surface area contributed by atoms with Gasteiger partial charge in [0, 0.05) is 36.7 Å². The van der Waals surface area contributed by atoms with E-state index in [0.717, 1.165) is 13.1 Å². The summed E-state index contributed by atoms with van der Waals surface area (Å²) in [4.78, 5) is 13.5. The van der Waals surface area contributed by atoms with E-state index in [1.165, 1.54) is 12.1 Å². The molecule has 1 heterocycles. The third-order valence-corrected chi connectivity index (χ3v) is 3.13. The smallest absolute Gasteiger partial charge is 0.260 e. The van der Waals surface area contributed by atoms with Crippen molar-refractivity contribution in [2.24, 2.45) is 0 Å². The van der Waals surface area contributed by atoms with Crippen molar-refractivity contribution in [2.45, 2.75) is 0 Å². The van der Waals surface area contributed by atoms with E-state index >= 15 is 0 Å². The molecule has 1 aromatic carbocycles. The number of benzene rings is 1. The number of nitrogens with one attached hydrogen (secondary N) is 1. The Morgan fingerprint density at radius 2 is 2.11 bits per heavy atom. The van der Waals surface area contributed by atoms with Crippen molar-refractivity contribution in [3.05, 3.63) is 28.5 Å². The monoisotopic (exact) mass is 316 g/mol. The molecule has 1 amide bonds. The molecule has 6 heteroatoms. The van der Waals surface area contributed by atoms with Crippen LogP contribution in [0.2, 0.25) is 0 Å². The van der Waals surface area contributed by atoms with Crippen molar-refractivity contribution in [3.63, 3.8) is 0 Å². The van der Waals surface area contributed by atoms with Gasteiger partial charge >= 0.3 is 0 Å². The summed E-state index contributed by atoms with van der Waals surface area (Å²) in [7, 11) is 0. The van der Waals surface area contributed by atoms with Gasteiger partial charge in [-0.2, -0.15) is 0 Å². The van der Waals surface area contributed by atoms with Crippen molar-refractivity contribution in [3.8, 4) is 5.75 Å². The van der Waals surface area contributed by atoms with Crippen molar-refractivity contribution in [2.75, 3.05) is 32.8 Å². The normalized spacial score (nSPS) is 15.6. The molecule has 2 rings (SSSR count). The van der Waals surface area contributed by atoms with Gasteiger partial charge < -0.3 is 15.0 Å². The zero-order chi connectivity index (χ0) is 13.0. The second kappa shape index (κ2) is 6.15. The van der Waals surface area contributed by atoms with Gasteiger partial charge in [-0.3, -0.25) is 4.79 Å². The molecule has 1 fully saturated rings. The topological polar surface area (TPSA) is 41.6 Å². The third-order valence-electron chi connectivity index (χ3n) is 2.67. The number of ether oxygens (including phenoxy) is 1. The highest BCUT2D eigenvalue weighted by atomic mass is 79.9. The minimum atomic E-state index is -0.394. The van der Waals surface area contributed by atoms with Gasteiger partial charge in [-0.05, 0) is 12.1 Å². The first-order valence-electron chi connectivity index (χ1n) is 5.72. The first-order chi connectivity index (χ1) is 8.65. The molecule has 0 bridgehead atoms. The first-order valence-corrected chi connectivity index (χ1v) is 6.52. The SMILES string of the molecule is O=C(COc1cc(F)cc(Br)c1)N1CCNCC1. The van der Waals surface area contributed by atoms with Crippen LogP contribution in [0.5, 0.6) is 5.75 Å². The fraction of sp³-hybridized carbons (Fsp3) is 0.417. The molecule has 0 aliphatic carbocycles. The van der Waals surface area contributed by atoms with Gasteiger partial charge in [-0.1, -0.05) is 15.9 Å². The number of hydrogen-bond donors (Lipinski definition) is 1. The number of carbonyl (C=O) groups excluding carboxylic acids is 1. The highest BCUT2D eigenvalue weighted by Gasteiger charge is 2.16. The van der Waals surface area contributed by atoms with E-state index < -0.39 is 5.82 Å². The summed E-state index contributed by atoms with van der Waals surface area (Å²) in [5, 5.41) is 3.17. The van der Waals surface area contributed by atoms with Crippen LogP contribution < -0.4 is 10.1 Å². The number of rotatable bonds is 3. The molecule has 0 aromatic heterocycles. The number of halogens is 2. The molecular formula is C12H14BrFN2O2. The van der Waals surface area contributed by atoms with Crippen LogP contribution in [0.15, 0.2) is 22.7 Å². The van der Waals surface area contributed by atoms with Crippen LogP contribution in [0.25, 0.3) is 0 Å². The lowest BCUT2D eigenvalue weighted by Crippen LogP contribution is -2.47. The molecule has 98 valence electrons. The molecule has 1 aromatic rings.